The summed E-state index contributed by atoms with van der Waals surface area (Å²) in [6, 6.07) is 14.0. The summed E-state index contributed by atoms with van der Waals surface area (Å²) in [6.07, 6.45) is 1.46. The number of sulfonamides is 1. The van der Waals surface area contributed by atoms with E-state index in [1.54, 1.807) is 30.3 Å². The van der Waals surface area contributed by atoms with Crippen LogP contribution in [0.25, 0.3) is 0 Å². The van der Waals surface area contributed by atoms with Crippen LogP contribution in [0.1, 0.15) is 4.88 Å². The lowest BCUT2D eigenvalue weighted by molar-refractivity contribution is 0.603. The topological polar surface area (TPSA) is 71.1 Å². The summed E-state index contributed by atoms with van der Waals surface area (Å²) in [5.74, 6) is 0.568. The normalized spacial score (nSPS) is 11.2. The average Bonchev–Trinajstić information content (AvgIpc) is 2.99. The van der Waals surface area contributed by atoms with Crippen LogP contribution < -0.4 is 10.0 Å². The van der Waals surface area contributed by atoms with Gasteiger partial charge in [0.2, 0.25) is 0 Å². The molecular formula is C16H14ClN3O2S2. The van der Waals surface area contributed by atoms with Crippen molar-refractivity contribution in [2.45, 2.75) is 11.1 Å². The highest BCUT2D eigenvalue weighted by Crippen LogP contribution is 2.26. The largest absolute Gasteiger partial charge is 0.339 e. The fourth-order valence-electron chi connectivity index (χ4n) is 1.99. The van der Waals surface area contributed by atoms with Crippen molar-refractivity contribution in [3.05, 3.63) is 64.6 Å². The number of benzene rings is 1. The molecule has 0 saturated carbocycles. The number of halogens is 1. The van der Waals surface area contributed by atoms with Crippen molar-refractivity contribution >= 4 is 50.2 Å². The molecule has 0 amide bonds. The Morgan fingerprint density at radius 1 is 1.08 bits per heavy atom. The third-order valence-corrected chi connectivity index (χ3v) is 6.34. The molecule has 5 nitrogen and oxygen atoms in total. The van der Waals surface area contributed by atoms with E-state index in [0.717, 1.165) is 10.6 Å². The number of nitrogens with zero attached hydrogens (tertiary/aromatic N) is 1. The van der Waals surface area contributed by atoms with E-state index in [4.69, 9.17) is 11.6 Å². The zero-order chi connectivity index (χ0) is 17.2. The zero-order valence-corrected chi connectivity index (χ0v) is 15.0. The molecule has 0 atom stereocenters. The molecule has 3 aromatic rings. The molecule has 0 bridgehead atoms. The SMILES string of the molecule is Cc1ccc(S(=O)(=O)Nc2ccc(Nc3ccccc3Cl)nc2)s1. The first kappa shape index (κ1) is 16.8. The van der Waals surface area contributed by atoms with E-state index in [-0.39, 0.29) is 4.21 Å². The number of para-hydroxylation sites is 1. The zero-order valence-electron chi connectivity index (χ0n) is 12.7. The Morgan fingerprint density at radius 2 is 1.88 bits per heavy atom. The Hall–Kier alpha value is -2.09. The van der Waals surface area contributed by atoms with E-state index < -0.39 is 10.0 Å². The lowest BCUT2D eigenvalue weighted by Crippen LogP contribution is -2.11. The molecule has 0 unspecified atom stereocenters. The second kappa shape index (κ2) is 6.80. The van der Waals surface area contributed by atoms with Gasteiger partial charge in [-0.1, -0.05) is 23.7 Å². The number of rotatable bonds is 5. The maximum atomic E-state index is 12.3. The van der Waals surface area contributed by atoms with Crippen LogP contribution >= 0.6 is 22.9 Å². The van der Waals surface area contributed by atoms with Crippen molar-refractivity contribution < 1.29 is 8.42 Å². The number of thiophene rings is 1. The highest BCUT2D eigenvalue weighted by atomic mass is 35.5. The van der Waals surface area contributed by atoms with Crippen molar-refractivity contribution in [3.8, 4) is 0 Å². The van der Waals surface area contributed by atoms with Gasteiger partial charge in [-0.05, 0) is 43.3 Å². The van der Waals surface area contributed by atoms with E-state index in [9.17, 15) is 8.42 Å². The summed E-state index contributed by atoms with van der Waals surface area (Å²) in [5, 5.41) is 3.66. The van der Waals surface area contributed by atoms with Gasteiger partial charge in [-0.15, -0.1) is 11.3 Å². The molecular weight excluding hydrogens is 366 g/mol. The van der Waals surface area contributed by atoms with Crippen LogP contribution in [0.2, 0.25) is 5.02 Å². The molecule has 0 saturated heterocycles. The van der Waals surface area contributed by atoms with Crippen molar-refractivity contribution in [3.63, 3.8) is 0 Å². The van der Waals surface area contributed by atoms with Gasteiger partial charge in [0.1, 0.15) is 10.0 Å². The minimum absolute atomic E-state index is 0.276. The summed E-state index contributed by atoms with van der Waals surface area (Å²) in [4.78, 5) is 5.14. The summed E-state index contributed by atoms with van der Waals surface area (Å²) >= 11 is 7.30. The van der Waals surface area contributed by atoms with Gasteiger partial charge in [-0.3, -0.25) is 4.72 Å². The van der Waals surface area contributed by atoms with Gasteiger partial charge < -0.3 is 5.32 Å². The molecule has 3 rings (SSSR count). The first-order valence-corrected chi connectivity index (χ1v) is 9.69. The number of nitrogens with one attached hydrogen (secondary N) is 2. The standard InChI is InChI=1S/C16H14ClN3O2S2/c1-11-6-9-16(23-11)24(21,22)20-12-7-8-15(18-10-12)19-14-5-3-2-4-13(14)17/h2-10,20H,1H3,(H,18,19). The third-order valence-electron chi connectivity index (χ3n) is 3.13. The van der Waals surface area contributed by atoms with Crippen molar-refractivity contribution in [2.75, 3.05) is 10.0 Å². The van der Waals surface area contributed by atoms with Gasteiger partial charge in [-0.2, -0.15) is 0 Å². The number of aromatic nitrogens is 1. The van der Waals surface area contributed by atoms with Crippen LogP contribution in [0, 0.1) is 6.92 Å². The molecule has 8 heteroatoms. The van der Waals surface area contributed by atoms with Gasteiger partial charge >= 0.3 is 0 Å². The van der Waals surface area contributed by atoms with Gasteiger partial charge in [-0.25, -0.2) is 13.4 Å². The second-order valence-corrected chi connectivity index (χ2v) is 8.61. The second-order valence-electron chi connectivity index (χ2n) is 5.01. The number of anilines is 3. The van der Waals surface area contributed by atoms with Crippen LogP contribution in [0.4, 0.5) is 17.2 Å². The van der Waals surface area contributed by atoms with Crippen molar-refractivity contribution in [1.29, 1.82) is 0 Å². The lowest BCUT2D eigenvalue weighted by Gasteiger charge is -2.09. The summed E-state index contributed by atoms with van der Waals surface area (Å²) in [7, 11) is -3.58. The first-order valence-electron chi connectivity index (χ1n) is 7.01. The van der Waals surface area contributed by atoms with E-state index in [0.29, 0.717) is 16.5 Å². The van der Waals surface area contributed by atoms with Gasteiger partial charge in [0, 0.05) is 4.88 Å². The molecule has 0 radical (unpaired) electrons. The molecule has 0 spiro atoms. The lowest BCUT2D eigenvalue weighted by atomic mass is 10.3. The molecule has 0 aliphatic rings. The molecule has 1 aromatic carbocycles. The first-order chi connectivity index (χ1) is 11.4. The maximum Gasteiger partial charge on any atom is 0.271 e. The van der Waals surface area contributed by atoms with Gasteiger partial charge in [0.15, 0.2) is 0 Å². The highest BCUT2D eigenvalue weighted by Gasteiger charge is 2.16. The van der Waals surface area contributed by atoms with E-state index in [2.05, 4.69) is 15.0 Å². The molecule has 2 heterocycles. The van der Waals surface area contributed by atoms with E-state index in [1.165, 1.54) is 17.5 Å². The Bertz CT molecular complexity index is 953. The van der Waals surface area contributed by atoms with Crippen LogP contribution in [0.15, 0.2) is 58.9 Å². The quantitative estimate of drug-likeness (QED) is 0.676. The Labute approximate surface area is 149 Å². The van der Waals surface area contributed by atoms with Crippen LogP contribution in [-0.2, 0) is 10.0 Å². The highest BCUT2D eigenvalue weighted by molar-refractivity contribution is 7.94. The maximum absolute atomic E-state index is 12.3. The van der Waals surface area contributed by atoms with Gasteiger partial charge in [0.25, 0.3) is 10.0 Å². The molecule has 2 aromatic heterocycles. The molecule has 0 aliphatic heterocycles. The number of hydrogen-bond donors (Lipinski definition) is 2. The molecule has 2 N–H and O–H groups in total. The Balaban J connectivity index is 1.74. The average molecular weight is 380 g/mol. The third kappa shape index (κ3) is 3.87. The van der Waals surface area contributed by atoms with E-state index in [1.807, 2.05) is 25.1 Å². The monoisotopic (exact) mass is 379 g/mol. The number of aryl methyl sites for hydroxylation is 1. The predicted molar refractivity (Wildman–Crippen MR) is 98.8 cm³/mol. The van der Waals surface area contributed by atoms with Crippen molar-refractivity contribution in [1.82, 2.24) is 4.98 Å². The smallest absolute Gasteiger partial charge is 0.271 e. The molecule has 124 valence electrons. The Morgan fingerprint density at radius 3 is 2.50 bits per heavy atom. The molecule has 0 aliphatic carbocycles. The van der Waals surface area contributed by atoms with Crippen LogP contribution in [-0.4, -0.2) is 13.4 Å². The molecule has 24 heavy (non-hydrogen) atoms. The summed E-state index contributed by atoms with van der Waals surface area (Å²) in [5.41, 5.74) is 1.12. The number of hydrogen-bond acceptors (Lipinski definition) is 5. The summed E-state index contributed by atoms with van der Waals surface area (Å²) < 4.78 is 27.3. The number of pyridine rings is 1. The fraction of sp³-hybridized carbons (Fsp3) is 0.0625. The van der Waals surface area contributed by atoms with Crippen LogP contribution in [0.3, 0.4) is 0 Å². The van der Waals surface area contributed by atoms with E-state index >= 15 is 0 Å². The minimum atomic E-state index is -3.58. The minimum Gasteiger partial charge on any atom is -0.339 e. The molecule has 0 fully saturated rings. The fourth-order valence-corrected chi connectivity index (χ4v) is 4.50. The van der Waals surface area contributed by atoms with Crippen molar-refractivity contribution in [2.24, 2.45) is 0 Å². The van der Waals surface area contributed by atoms with Gasteiger partial charge in [0.05, 0.1) is 22.6 Å². The Kier molecular flexibility index (Phi) is 4.75. The summed E-state index contributed by atoms with van der Waals surface area (Å²) in [6.45, 7) is 1.86. The predicted octanol–water partition coefficient (Wildman–Crippen LogP) is 4.65. The van der Waals surface area contributed by atoms with Crippen LogP contribution in [0.5, 0.6) is 0 Å².